The largest absolute Gasteiger partial charge is 0.481 e. The lowest BCUT2D eigenvalue weighted by atomic mass is 9.84. The molecule has 1 saturated heterocycles. The van der Waals surface area contributed by atoms with Crippen LogP contribution in [0.25, 0.3) is 0 Å². The molecule has 0 aliphatic carbocycles. The summed E-state index contributed by atoms with van der Waals surface area (Å²) in [4.78, 5) is 13.6. The van der Waals surface area contributed by atoms with Crippen LogP contribution in [0.15, 0.2) is 18.2 Å². The van der Waals surface area contributed by atoms with E-state index >= 15 is 0 Å². The molecule has 20 heavy (non-hydrogen) atoms. The van der Waals surface area contributed by atoms with E-state index in [9.17, 15) is 14.3 Å². The Bertz CT molecular complexity index is 523. The predicted molar refractivity (Wildman–Crippen MR) is 76.4 cm³/mol. The number of rotatable bonds is 4. The Morgan fingerprint density at radius 1 is 1.60 bits per heavy atom. The summed E-state index contributed by atoms with van der Waals surface area (Å²) in [5, 5.41) is 9.81. The Morgan fingerprint density at radius 2 is 2.30 bits per heavy atom. The lowest BCUT2D eigenvalue weighted by Gasteiger charge is -2.28. The number of hydrogen-bond donors (Lipinski definition) is 1. The second-order valence-corrected chi connectivity index (χ2v) is 5.91. The summed E-state index contributed by atoms with van der Waals surface area (Å²) in [6.45, 7) is 5.11. The van der Waals surface area contributed by atoms with Crippen molar-refractivity contribution in [3.63, 3.8) is 0 Å². The highest BCUT2D eigenvalue weighted by Crippen LogP contribution is 2.39. The summed E-state index contributed by atoms with van der Waals surface area (Å²) in [7, 11) is 0. The van der Waals surface area contributed by atoms with E-state index in [1.807, 2.05) is 13.8 Å². The normalized spacial score (nSPS) is 24.8. The van der Waals surface area contributed by atoms with Gasteiger partial charge in [0, 0.05) is 17.6 Å². The van der Waals surface area contributed by atoms with Crippen molar-refractivity contribution in [3.8, 4) is 0 Å². The van der Waals surface area contributed by atoms with Crippen molar-refractivity contribution in [1.82, 2.24) is 4.90 Å². The van der Waals surface area contributed by atoms with Crippen LogP contribution in [0.1, 0.15) is 38.3 Å². The van der Waals surface area contributed by atoms with Crippen molar-refractivity contribution >= 4 is 17.6 Å². The monoisotopic (exact) mass is 299 g/mol. The van der Waals surface area contributed by atoms with Gasteiger partial charge in [0.25, 0.3) is 0 Å². The Hall–Kier alpha value is -1.13. The highest BCUT2D eigenvalue weighted by Gasteiger charge is 2.44. The fourth-order valence-corrected chi connectivity index (χ4v) is 3.21. The summed E-state index contributed by atoms with van der Waals surface area (Å²) >= 11 is 6.09. The predicted octanol–water partition coefficient (Wildman–Crippen LogP) is 3.73. The minimum Gasteiger partial charge on any atom is -0.481 e. The summed E-state index contributed by atoms with van der Waals surface area (Å²) in [6.07, 6.45) is 1.25. The van der Waals surface area contributed by atoms with E-state index in [0.29, 0.717) is 24.4 Å². The molecule has 3 nitrogen and oxygen atoms in total. The molecule has 1 heterocycles. The average Bonchev–Trinajstić information content (AvgIpc) is 2.83. The van der Waals surface area contributed by atoms with Crippen LogP contribution < -0.4 is 0 Å². The number of nitrogens with zero attached hydrogens (tertiary/aromatic N) is 1. The molecule has 1 fully saturated rings. The van der Waals surface area contributed by atoms with Crippen molar-refractivity contribution in [2.24, 2.45) is 5.41 Å². The molecule has 2 atom stereocenters. The van der Waals surface area contributed by atoms with E-state index in [0.717, 1.165) is 12.1 Å². The molecule has 1 aliphatic rings. The van der Waals surface area contributed by atoms with Gasteiger partial charge in [-0.15, -0.1) is 0 Å². The summed E-state index contributed by atoms with van der Waals surface area (Å²) < 4.78 is 13.1. The lowest BCUT2D eigenvalue weighted by molar-refractivity contribution is -0.148. The number of carboxylic acids is 1. The van der Waals surface area contributed by atoms with Crippen LogP contribution in [-0.4, -0.2) is 29.1 Å². The summed E-state index contributed by atoms with van der Waals surface area (Å²) in [5.41, 5.74) is 0.172. The van der Waals surface area contributed by atoms with E-state index in [2.05, 4.69) is 4.90 Å². The molecule has 0 radical (unpaired) electrons. The number of hydrogen-bond acceptors (Lipinski definition) is 2. The third-order valence-electron chi connectivity index (χ3n) is 4.47. The highest BCUT2D eigenvalue weighted by atomic mass is 35.5. The number of likely N-dealkylation sites (tertiary alicyclic amines) is 1. The first-order valence-corrected chi connectivity index (χ1v) is 7.20. The van der Waals surface area contributed by atoms with Gasteiger partial charge < -0.3 is 5.11 Å². The van der Waals surface area contributed by atoms with Gasteiger partial charge in [0.2, 0.25) is 0 Å². The Balaban J connectivity index is 2.19. The first kappa shape index (κ1) is 15.3. The van der Waals surface area contributed by atoms with Crippen LogP contribution in [-0.2, 0) is 4.79 Å². The molecule has 110 valence electrons. The fourth-order valence-electron chi connectivity index (χ4n) is 2.89. The smallest absolute Gasteiger partial charge is 0.310 e. The molecule has 1 aliphatic heterocycles. The van der Waals surface area contributed by atoms with Gasteiger partial charge in [0.05, 0.1) is 5.41 Å². The minimum atomic E-state index is -0.736. The molecule has 1 aromatic rings. The maximum Gasteiger partial charge on any atom is 0.310 e. The van der Waals surface area contributed by atoms with Gasteiger partial charge in [-0.25, -0.2) is 4.39 Å². The molecular formula is C15H19ClFNO2. The van der Waals surface area contributed by atoms with E-state index in [1.54, 1.807) is 6.07 Å². The number of aliphatic carboxylic acids is 1. The molecule has 0 aromatic heterocycles. The zero-order valence-electron chi connectivity index (χ0n) is 11.7. The molecule has 0 saturated carbocycles. The Kier molecular flexibility index (Phi) is 4.35. The van der Waals surface area contributed by atoms with E-state index in [4.69, 9.17) is 11.6 Å². The lowest BCUT2D eigenvalue weighted by Crippen LogP contribution is -2.35. The van der Waals surface area contributed by atoms with Gasteiger partial charge in [0.15, 0.2) is 0 Å². The number of halogens is 2. The summed E-state index contributed by atoms with van der Waals surface area (Å²) in [5.74, 6) is -1.10. The third-order valence-corrected chi connectivity index (χ3v) is 4.80. The van der Waals surface area contributed by atoms with Gasteiger partial charge in [0.1, 0.15) is 5.82 Å². The molecule has 0 bridgehead atoms. The molecule has 1 N–H and O–H groups in total. The second kappa shape index (κ2) is 5.70. The van der Waals surface area contributed by atoms with E-state index in [-0.39, 0.29) is 11.9 Å². The second-order valence-electron chi connectivity index (χ2n) is 5.50. The third kappa shape index (κ3) is 2.67. The minimum absolute atomic E-state index is 0.0177. The quantitative estimate of drug-likeness (QED) is 0.921. The van der Waals surface area contributed by atoms with Crippen molar-refractivity contribution in [3.05, 3.63) is 34.6 Å². The van der Waals surface area contributed by atoms with Crippen molar-refractivity contribution in [2.75, 3.05) is 13.1 Å². The van der Waals surface area contributed by atoms with Crippen LogP contribution in [0.3, 0.4) is 0 Å². The molecule has 2 unspecified atom stereocenters. The van der Waals surface area contributed by atoms with Crippen molar-refractivity contribution in [1.29, 1.82) is 0 Å². The molecule has 1 aromatic carbocycles. The van der Waals surface area contributed by atoms with Crippen molar-refractivity contribution in [2.45, 2.75) is 32.7 Å². The topological polar surface area (TPSA) is 40.5 Å². The molecule has 0 amide bonds. The maximum atomic E-state index is 13.1. The number of carboxylic acid groups (broad SMARTS) is 1. The zero-order valence-corrected chi connectivity index (χ0v) is 12.5. The molecule has 2 rings (SSSR count). The van der Waals surface area contributed by atoms with Gasteiger partial charge >= 0.3 is 5.97 Å². The van der Waals surface area contributed by atoms with Crippen LogP contribution >= 0.6 is 11.6 Å². The van der Waals surface area contributed by atoms with Crippen molar-refractivity contribution < 1.29 is 14.3 Å². The van der Waals surface area contributed by atoms with Crippen LogP contribution in [0.2, 0.25) is 5.02 Å². The Morgan fingerprint density at radius 3 is 2.80 bits per heavy atom. The van der Waals surface area contributed by atoms with E-state index < -0.39 is 11.4 Å². The van der Waals surface area contributed by atoms with E-state index in [1.165, 1.54) is 12.1 Å². The van der Waals surface area contributed by atoms with Gasteiger partial charge in [-0.3, -0.25) is 9.69 Å². The van der Waals surface area contributed by atoms with Crippen LogP contribution in [0, 0.1) is 11.2 Å². The first-order chi connectivity index (χ1) is 9.39. The number of carbonyl (C=O) groups is 1. The standard InChI is InChI=1S/C15H19ClFNO2/c1-3-15(14(19)20)6-7-18(9-15)10(2)12-5-4-11(17)8-13(12)16/h4-5,8,10H,3,6-7,9H2,1-2H3,(H,19,20). The number of benzene rings is 1. The van der Waals surface area contributed by atoms with Gasteiger partial charge in [-0.1, -0.05) is 24.6 Å². The fraction of sp³-hybridized carbons (Fsp3) is 0.533. The molecular weight excluding hydrogens is 281 g/mol. The van der Waals surface area contributed by atoms with Gasteiger partial charge in [-0.2, -0.15) is 0 Å². The van der Waals surface area contributed by atoms with Crippen LogP contribution in [0.5, 0.6) is 0 Å². The van der Waals surface area contributed by atoms with Crippen LogP contribution in [0.4, 0.5) is 4.39 Å². The SMILES string of the molecule is CCC1(C(=O)O)CCN(C(C)c2ccc(F)cc2Cl)C1. The molecule has 0 spiro atoms. The zero-order chi connectivity index (χ0) is 14.9. The van der Waals surface area contributed by atoms with Gasteiger partial charge in [-0.05, 0) is 44.0 Å². The highest BCUT2D eigenvalue weighted by molar-refractivity contribution is 6.31. The maximum absolute atomic E-state index is 13.1. The first-order valence-electron chi connectivity index (χ1n) is 6.82. The average molecular weight is 300 g/mol. The molecule has 5 heteroatoms. The summed E-state index contributed by atoms with van der Waals surface area (Å²) in [6, 6.07) is 4.34. The Labute approximate surface area is 123 Å².